The lowest BCUT2D eigenvalue weighted by Crippen LogP contribution is -2.12. The second-order valence-corrected chi connectivity index (χ2v) is 5.63. The van der Waals surface area contributed by atoms with Gasteiger partial charge in [-0.2, -0.15) is 10.1 Å². The van der Waals surface area contributed by atoms with E-state index in [4.69, 9.17) is 4.74 Å². The number of benzene rings is 1. The van der Waals surface area contributed by atoms with E-state index >= 15 is 0 Å². The van der Waals surface area contributed by atoms with Crippen LogP contribution in [0.1, 0.15) is 14.7 Å². The summed E-state index contributed by atoms with van der Waals surface area (Å²) in [6.07, 6.45) is 1.33. The molecule has 0 aliphatic heterocycles. The summed E-state index contributed by atoms with van der Waals surface area (Å²) in [7, 11) is 1.61. The van der Waals surface area contributed by atoms with Crippen molar-refractivity contribution >= 4 is 23.2 Å². The molecular weight excluding hydrogens is 302 g/mol. The second-order valence-electron chi connectivity index (χ2n) is 4.43. The molecule has 8 heteroatoms. The molecule has 0 aliphatic rings. The number of rotatable bonds is 4. The number of H-pyrrole nitrogens is 1. The van der Waals surface area contributed by atoms with Crippen LogP contribution in [-0.2, 0) is 0 Å². The van der Waals surface area contributed by atoms with E-state index in [9.17, 15) is 4.79 Å². The van der Waals surface area contributed by atoms with Crippen LogP contribution in [0.4, 0.5) is 5.95 Å². The molecule has 0 atom stereocenters. The number of carbonyl (C=O) groups is 1. The molecule has 7 nitrogen and oxygen atoms in total. The van der Waals surface area contributed by atoms with Crippen LogP contribution in [0, 0.1) is 6.92 Å². The number of anilines is 1. The van der Waals surface area contributed by atoms with Gasteiger partial charge in [-0.15, -0.1) is 11.3 Å². The molecule has 112 valence electrons. The molecule has 0 saturated carbocycles. The van der Waals surface area contributed by atoms with Crippen LogP contribution in [-0.4, -0.2) is 33.2 Å². The van der Waals surface area contributed by atoms with Gasteiger partial charge < -0.3 is 4.74 Å². The molecule has 2 N–H and O–H groups in total. The maximum absolute atomic E-state index is 12.4. The molecule has 0 saturated heterocycles. The van der Waals surface area contributed by atoms with Crippen molar-refractivity contribution in [3.63, 3.8) is 0 Å². The Balaban J connectivity index is 1.93. The number of hydrogen-bond acceptors (Lipinski definition) is 6. The lowest BCUT2D eigenvalue weighted by Gasteiger charge is -2.04. The quantitative estimate of drug-likeness (QED) is 0.771. The summed E-state index contributed by atoms with van der Waals surface area (Å²) in [5.41, 5.74) is 1.50. The van der Waals surface area contributed by atoms with Crippen molar-refractivity contribution in [2.24, 2.45) is 0 Å². The molecule has 1 amide bonds. The number of aryl methyl sites for hydroxylation is 1. The number of hydrogen-bond donors (Lipinski definition) is 2. The first-order valence-electron chi connectivity index (χ1n) is 6.46. The van der Waals surface area contributed by atoms with Crippen molar-refractivity contribution in [1.82, 2.24) is 20.2 Å². The Morgan fingerprint density at radius 2 is 2.09 bits per heavy atom. The maximum atomic E-state index is 12.4. The molecule has 1 aromatic carbocycles. The van der Waals surface area contributed by atoms with Crippen LogP contribution >= 0.6 is 11.3 Å². The number of carbonyl (C=O) groups excluding carboxylic acids is 1. The number of aromatic nitrogens is 4. The van der Waals surface area contributed by atoms with E-state index in [1.165, 1.54) is 17.7 Å². The van der Waals surface area contributed by atoms with E-state index in [1.807, 2.05) is 31.2 Å². The summed E-state index contributed by atoms with van der Waals surface area (Å²) in [5, 5.41) is 9.77. The van der Waals surface area contributed by atoms with Gasteiger partial charge >= 0.3 is 0 Å². The number of ether oxygens (including phenoxy) is 1. The molecule has 0 aliphatic carbocycles. The largest absolute Gasteiger partial charge is 0.497 e. The number of methoxy groups -OCH3 is 1. The van der Waals surface area contributed by atoms with Crippen molar-refractivity contribution < 1.29 is 9.53 Å². The fraction of sp³-hybridized carbons (Fsp3) is 0.143. The van der Waals surface area contributed by atoms with E-state index < -0.39 is 0 Å². The monoisotopic (exact) mass is 315 g/mol. The zero-order valence-electron chi connectivity index (χ0n) is 12.0. The van der Waals surface area contributed by atoms with Gasteiger partial charge in [0.15, 0.2) is 0 Å². The normalized spacial score (nSPS) is 10.5. The maximum Gasteiger partial charge on any atom is 0.270 e. The topological polar surface area (TPSA) is 92.8 Å². The summed E-state index contributed by atoms with van der Waals surface area (Å²) in [4.78, 5) is 21.3. The molecular formula is C14H13N5O2S. The van der Waals surface area contributed by atoms with Crippen molar-refractivity contribution in [2.75, 3.05) is 12.4 Å². The summed E-state index contributed by atoms with van der Waals surface area (Å²) >= 11 is 1.33. The van der Waals surface area contributed by atoms with Crippen LogP contribution in [0.3, 0.4) is 0 Å². The third-order valence-corrected chi connectivity index (χ3v) is 3.92. The Morgan fingerprint density at radius 1 is 1.32 bits per heavy atom. The molecule has 0 fully saturated rings. The fourth-order valence-corrected chi connectivity index (χ4v) is 2.79. The third kappa shape index (κ3) is 2.82. The van der Waals surface area contributed by atoms with Crippen LogP contribution in [0.5, 0.6) is 5.75 Å². The summed E-state index contributed by atoms with van der Waals surface area (Å²) in [6.45, 7) is 1.86. The first-order chi connectivity index (χ1) is 10.7. The first-order valence-corrected chi connectivity index (χ1v) is 7.27. The average Bonchev–Trinajstić information content (AvgIpc) is 3.17. The Morgan fingerprint density at radius 3 is 2.73 bits per heavy atom. The van der Waals surface area contributed by atoms with Crippen molar-refractivity contribution in [1.29, 1.82) is 0 Å². The summed E-state index contributed by atoms with van der Waals surface area (Å²) < 4.78 is 5.14. The number of aromatic amines is 1. The van der Waals surface area contributed by atoms with E-state index in [0.717, 1.165) is 16.3 Å². The zero-order chi connectivity index (χ0) is 15.5. The highest BCUT2D eigenvalue weighted by atomic mass is 32.1. The van der Waals surface area contributed by atoms with Gasteiger partial charge in [-0.1, -0.05) is 0 Å². The Labute approximate surface area is 130 Å². The SMILES string of the molecule is COc1ccc(-c2nc(C)sc2C(=O)Nc2ncn[nH]2)cc1. The van der Waals surface area contributed by atoms with Gasteiger partial charge in [0.05, 0.1) is 17.8 Å². The third-order valence-electron chi connectivity index (χ3n) is 2.95. The average molecular weight is 315 g/mol. The number of nitrogens with zero attached hydrogens (tertiary/aromatic N) is 3. The number of amides is 1. The van der Waals surface area contributed by atoms with Gasteiger partial charge in [0.1, 0.15) is 17.0 Å². The minimum absolute atomic E-state index is 0.270. The fourth-order valence-electron chi connectivity index (χ4n) is 1.96. The Hall–Kier alpha value is -2.74. The highest BCUT2D eigenvalue weighted by Gasteiger charge is 2.19. The minimum Gasteiger partial charge on any atom is -0.497 e. The van der Waals surface area contributed by atoms with Gasteiger partial charge in [0, 0.05) is 5.56 Å². The van der Waals surface area contributed by atoms with E-state index in [-0.39, 0.29) is 5.91 Å². The second kappa shape index (κ2) is 5.94. The van der Waals surface area contributed by atoms with Gasteiger partial charge in [-0.05, 0) is 31.2 Å². The highest BCUT2D eigenvalue weighted by molar-refractivity contribution is 7.14. The standard InChI is InChI=1S/C14H13N5O2S/c1-8-17-11(9-3-5-10(21-2)6-4-9)12(22-8)13(20)18-14-15-7-16-19-14/h3-7H,1-2H3,(H2,15,16,18,19,20). The van der Waals surface area contributed by atoms with Crippen molar-refractivity contribution in [2.45, 2.75) is 6.92 Å². The molecule has 2 heterocycles. The van der Waals surface area contributed by atoms with E-state index in [0.29, 0.717) is 16.5 Å². The highest BCUT2D eigenvalue weighted by Crippen LogP contribution is 2.29. The molecule has 3 aromatic rings. The van der Waals surface area contributed by atoms with Crippen LogP contribution in [0.2, 0.25) is 0 Å². The Bertz CT molecular complexity index is 780. The van der Waals surface area contributed by atoms with Crippen LogP contribution in [0.15, 0.2) is 30.6 Å². The first kappa shape index (κ1) is 14.2. The van der Waals surface area contributed by atoms with Crippen molar-refractivity contribution in [3.8, 4) is 17.0 Å². The molecule has 3 rings (SSSR count). The molecule has 0 bridgehead atoms. The van der Waals surface area contributed by atoms with Gasteiger partial charge in [0.25, 0.3) is 5.91 Å². The number of nitrogens with one attached hydrogen (secondary N) is 2. The molecule has 2 aromatic heterocycles. The van der Waals surface area contributed by atoms with Crippen LogP contribution < -0.4 is 10.1 Å². The van der Waals surface area contributed by atoms with Crippen LogP contribution in [0.25, 0.3) is 11.3 Å². The van der Waals surface area contributed by atoms with E-state index in [1.54, 1.807) is 7.11 Å². The molecule has 22 heavy (non-hydrogen) atoms. The smallest absolute Gasteiger partial charge is 0.270 e. The lowest BCUT2D eigenvalue weighted by atomic mass is 10.1. The molecule has 0 radical (unpaired) electrons. The van der Waals surface area contributed by atoms with Crippen molar-refractivity contribution in [3.05, 3.63) is 40.5 Å². The molecule has 0 unspecified atom stereocenters. The number of thiazole rings is 1. The molecule has 0 spiro atoms. The zero-order valence-corrected chi connectivity index (χ0v) is 12.8. The van der Waals surface area contributed by atoms with Gasteiger partial charge in [-0.25, -0.2) is 10.1 Å². The predicted octanol–water partition coefficient (Wildman–Crippen LogP) is 2.50. The lowest BCUT2D eigenvalue weighted by molar-refractivity contribution is 0.103. The summed E-state index contributed by atoms with van der Waals surface area (Å²) in [6, 6.07) is 7.42. The van der Waals surface area contributed by atoms with E-state index in [2.05, 4.69) is 25.5 Å². The Kier molecular flexibility index (Phi) is 3.84. The van der Waals surface area contributed by atoms with Gasteiger partial charge in [-0.3, -0.25) is 10.1 Å². The summed E-state index contributed by atoms with van der Waals surface area (Å²) in [5.74, 6) is 0.785. The minimum atomic E-state index is -0.270. The predicted molar refractivity (Wildman–Crippen MR) is 83.2 cm³/mol. The van der Waals surface area contributed by atoms with Gasteiger partial charge in [0.2, 0.25) is 5.95 Å².